The molecule has 0 aromatic heterocycles. The van der Waals surface area contributed by atoms with Gasteiger partial charge >= 0.3 is 0 Å². The first-order chi connectivity index (χ1) is 10.2. The molecule has 0 unspecified atom stereocenters. The Labute approximate surface area is 132 Å². The summed E-state index contributed by atoms with van der Waals surface area (Å²) in [5.41, 5.74) is 1.14. The molecule has 0 spiro atoms. The summed E-state index contributed by atoms with van der Waals surface area (Å²) < 4.78 is 0. The van der Waals surface area contributed by atoms with Gasteiger partial charge in [-0.05, 0) is 36.2 Å². The Kier molecular flexibility index (Phi) is 2.98. The second-order valence-corrected chi connectivity index (χ2v) is 7.52. The van der Waals surface area contributed by atoms with E-state index in [4.69, 9.17) is 4.99 Å². The first kappa shape index (κ1) is 14.8. The highest BCUT2D eigenvalue weighted by Gasteiger charge is 2.55. The van der Waals surface area contributed by atoms with Crippen molar-refractivity contribution in [3.8, 4) is 6.07 Å². The first-order valence-corrected chi connectivity index (χ1v) is 7.73. The highest BCUT2D eigenvalue weighted by molar-refractivity contribution is 5.94. The van der Waals surface area contributed by atoms with Gasteiger partial charge in [0, 0.05) is 17.0 Å². The van der Waals surface area contributed by atoms with Crippen LogP contribution in [0.1, 0.15) is 40.2 Å². The highest BCUT2D eigenvalue weighted by Crippen LogP contribution is 2.58. The largest absolute Gasteiger partial charge is 0.260 e. The molecule has 0 bridgehead atoms. The topological polar surface area (TPSA) is 36.1 Å². The quantitative estimate of drug-likeness (QED) is 0.693. The van der Waals surface area contributed by atoms with Gasteiger partial charge in [0.25, 0.3) is 0 Å². The molecule has 2 aromatic rings. The van der Waals surface area contributed by atoms with E-state index >= 15 is 0 Å². The Hall–Kier alpha value is -2.14. The first-order valence-electron chi connectivity index (χ1n) is 7.73. The molecule has 2 nitrogen and oxygen atoms in total. The van der Waals surface area contributed by atoms with Crippen molar-refractivity contribution in [3.63, 3.8) is 0 Å². The minimum atomic E-state index is -0.512. The number of hydrogen-bond acceptors (Lipinski definition) is 2. The Morgan fingerprint density at radius 3 is 2.41 bits per heavy atom. The van der Waals surface area contributed by atoms with Crippen molar-refractivity contribution < 1.29 is 0 Å². The number of nitrogens with zero attached hydrogens (tertiary/aromatic N) is 2. The van der Waals surface area contributed by atoms with E-state index in [0.717, 1.165) is 5.69 Å². The van der Waals surface area contributed by atoms with Crippen LogP contribution in [0.25, 0.3) is 10.8 Å². The van der Waals surface area contributed by atoms with Crippen LogP contribution in [-0.2, 0) is 5.41 Å². The van der Waals surface area contributed by atoms with Gasteiger partial charge in [0.05, 0.1) is 17.2 Å². The number of rotatable bonds is 1. The molecule has 2 aromatic carbocycles. The number of aliphatic imine (C=N–C) groups is 1. The summed E-state index contributed by atoms with van der Waals surface area (Å²) in [4.78, 5) is 4.70. The summed E-state index contributed by atoms with van der Waals surface area (Å²) in [5, 5.41) is 12.3. The van der Waals surface area contributed by atoms with Crippen LogP contribution >= 0.6 is 0 Å². The maximum absolute atomic E-state index is 9.85. The SMILES string of the molecule is CC(C)(C#N)[C@]1(C)c2c(ccc3ccccc23)N=CC1(C)C. The third-order valence-corrected chi connectivity index (χ3v) is 5.75. The summed E-state index contributed by atoms with van der Waals surface area (Å²) in [5.74, 6) is 0. The predicted molar refractivity (Wildman–Crippen MR) is 92.6 cm³/mol. The fourth-order valence-electron chi connectivity index (χ4n) is 3.81. The highest BCUT2D eigenvalue weighted by atomic mass is 14.8. The van der Waals surface area contributed by atoms with E-state index in [1.807, 2.05) is 20.1 Å². The van der Waals surface area contributed by atoms with Gasteiger partial charge in [-0.25, -0.2) is 0 Å². The third-order valence-electron chi connectivity index (χ3n) is 5.75. The van der Waals surface area contributed by atoms with E-state index in [-0.39, 0.29) is 10.8 Å². The molecule has 0 amide bonds. The van der Waals surface area contributed by atoms with Crippen LogP contribution in [0.3, 0.4) is 0 Å². The molecule has 3 rings (SSSR count). The van der Waals surface area contributed by atoms with Crippen LogP contribution in [0.4, 0.5) is 5.69 Å². The van der Waals surface area contributed by atoms with Crippen molar-refractivity contribution in [2.45, 2.75) is 40.0 Å². The summed E-state index contributed by atoms with van der Waals surface area (Å²) >= 11 is 0. The summed E-state index contributed by atoms with van der Waals surface area (Å²) in [6.45, 7) is 10.7. The van der Waals surface area contributed by atoms with Crippen LogP contribution in [0.5, 0.6) is 0 Å². The van der Waals surface area contributed by atoms with Crippen LogP contribution in [0, 0.1) is 22.2 Å². The molecule has 1 atom stereocenters. The fraction of sp³-hybridized carbons (Fsp3) is 0.400. The van der Waals surface area contributed by atoms with Crippen molar-refractivity contribution in [1.82, 2.24) is 0 Å². The summed E-state index contributed by atoms with van der Waals surface area (Å²) in [6, 6.07) is 15.1. The van der Waals surface area contributed by atoms with Gasteiger partial charge in [-0.3, -0.25) is 4.99 Å². The fourth-order valence-corrected chi connectivity index (χ4v) is 3.81. The Balaban J connectivity index is 2.49. The molecule has 2 heteroatoms. The maximum atomic E-state index is 9.85. The van der Waals surface area contributed by atoms with E-state index in [0.29, 0.717) is 0 Å². The Bertz CT molecular complexity index is 821. The molecule has 1 aliphatic heterocycles. The maximum Gasteiger partial charge on any atom is 0.0693 e. The van der Waals surface area contributed by atoms with Crippen LogP contribution in [0.2, 0.25) is 0 Å². The standard InChI is InChI=1S/C20H22N2/c1-18(2,12-21)20(5)17-15-9-7-6-8-14(15)10-11-16(17)22-13-19(20,3)4/h6-11,13H,1-5H3/t20-/m0/s1. The van der Waals surface area contributed by atoms with Gasteiger partial charge < -0.3 is 0 Å². The molecule has 22 heavy (non-hydrogen) atoms. The average molecular weight is 290 g/mol. The zero-order valence-electron chi connectivity index (χ0n) is 13.9. The van der Waals surface area contributed by atoms with E-state index in [2.05, 4.69) is 63.2 Å². The molecule has 1 heterocycles. The lowest BCUT2D eigenvalue weighted by Crippen LogP contribution is -2.52. The summed E-state index contributed by atoms with van der Waals surface area (Å²) in [7, 11) is 0. The zero-order valence-corrected chi connectivity index (χ0v) is 13.9. The van der Waals surface area contributed by atoms with E-state index < -0.39 is 5.41 Å². The predicted octanol–water partition coefficient (Wildman–Crippen LogP) is 5.39. The van der Waals surface area contributed by atoms with Gasteiger partial charge in [-0.1, -0.05) is 51.1 Å². The third kappa shape index (κ3) is 1.69. The van der Waals surface area contributed by atoms with Crippen molar-refractivity contribution in [2.75, 3.05) is 0 Å². The van der Waals surface area contributed by atoms with E-state index in [9.17, 15) is 5.26 Å². The average Bonchev–Trinajstić information content (AvgIpc) is 2.50. The lowest BCUT2D eigenvalue weighted by Gasteiger charge is -2.52. The van der Waals surface area contributed by atoms with Crippen molar-refractivity contribution in [3.05, 3.63) is 42.0 Å². The van der Waals surface area contributed by atoms with E-state index in [1.54, 1.807) is 0 Å². The van der Waals surface area contributed by atoms with Gasteiger partial charge in [-0.2, -0.15) is 5.26 Å². The molecule has 0 aliphatic carbocycles. The van der Waals surface area contributed by atoms with Crippen LogP contribution < -0.4 is 0 Å². The number of hydrogen-bond donors (Lipinski definition) is 0. The number of fused-ring (bicyclic) bond motifs is 3. The molecular weight excluding hydrogens is 268 g/mol. The zero-order chi connectivity index (χ0) is 16.2. The molecule has 0 saturated heterocycles. The van der Waals surface area contributed by atoms with E-state index in [1.165, 1.54) is 16.3 Å². The molecular formula is C20H22N2. The summed E-state index contributed by atoms with van der Waals surface area (Å²) in [6.07, 6.45) is 2.02. The van der Waals surface area contributed by atoms with Crippen LogP contribution in [0.15, 0.2) is 41.4 Å². The normalized spacial score (nSPS) is 23.1. The Morgan fingerprint density at radius 1 is 1.05 bits per heavy atom. The van der Waals surface area contributed by atoms with Crippen molar-refractivity contribution in [1.29, 1.82) is 5.26 Å². The lowest BCUT2D eigenvalue weighted by atomic mass is 9.50. The molecule has 0 fully saturated rings. The van der Waals surface area contributed by atoms with Gasteiger partial charge in [0.2, 0.25) is 0 Å². The smallest absolute Gasteiger partial charge is 0.0693 e. The minimum absolute atomic E-state index is 0.205. The number of benzene rings is 2. The van der Waals surface area contributed by atoms with Gasteiger partial charge in [-0.15, -0.1) is 0 Å². The second-order valence-electron chi connectivity index (χ2n) is 7.52. The van der Waals surface area contributed by atoms with Crippen molar-refractivity contribution >= 4 is 22.7 Å². The molecule has 1 aliphatic rings. The molecule has 0 saturated carbocycles. The monoisotopic (exact) mass is 290 g/mol. The van der Waals surface area contributed by atoms with Gasteiger partial charge in [0.1, 0.15) is 0 Å². The minimum Gasteiger partial charge on any atom is -0.260 e. The molecule has 0 N–H and O–H groups in total. The number of nitriles is 1. The molecule has 0 radical (unpaired) electrons. The Morgan fingerprint density at radius 2 is 1.73 bits per heavy atom. The van der Waals surface area contributed by atoms with Crippen LogP contribution in [-0.4, -0.2) is 6.21 Å². The second kappa shape index (κ2) is 4.43. The van der Waals surface area contributed by atoms with Gasteiger partial charge in [0.15, 0.2) is 0 Å². The van der Waals surface area contributed by atoms with Crippen molar-refractivity contribution in [2.24, 2.45) is 15.8 Å². The molecule has 112 valence electrons. The lowest BCUT2D eigenvalue weighted by molar-refractivity contribution is 0.141.